The van der Waals surface area contributed by atoms with E-state index in [1.165, 1.54) is 7.11 Å². The zero-order valence-corrected chi connectivity index (χ0v) is 12.2. The third-order valence-electron chi connectivity index (χ3n) is 4.11. The van der Waals surface area contributed by atoms with Crippen molar-refractivity contribution in [1.29, 1.82) is 0 Å². The van der Waals surface area contributed by atoms with Gasteiger partial charge in [0.1, 0.15) is 0 Å². The zero-order chi connectivity index (χ0) is 15.0. The fourth-order valence-electron chi connectivity index (χ4n) is 3.00. The number of carbonyl (C=O) groups excluding carboxylic acids is 2. The van der Waals surface area contributed by atoms with Crippen LogP contribution in [0, 0.1) is 0 Å². The fraction of sp³-hybridized carbons (Fsp3) is 0.294. The molecule has 3 rings (SSSR count). The summed E-state index contributed by atoms with van der Waals surface area (Å²) >= 11 is 0. The van der Waals surface area contributed by atoms with Crippen LogP contribution in [0.2, 0.25) is 0 Å². The van der Waals surface area contributed by atoms with Crippen LogP contribution in [-0.2, 0) is 16.6 Å². The van der Waals surface area contributed by atoms with Crippen LogP contribution in [0.3, 0.4) is 0 Å². The highest BCUT2D eigenvalue weighted by atomic mass is 16.5. The number of rotatable bonds is 3. The number of hydrogen-bond donors (Lipinski definition) is 0. The molecule has 0 N–H and O–H groups in total. The van der Waals surface area contributed by atoms with Gasteiger partial charge in [-0.2, -0.15) is 0 Å². The molecule has 1 aliphatic carbocycles. The van der Waals surface area contributed by atoms with Gasteiger partial charge in [-0.1, -0.05) is 18.2 Å². The highest BCUT2D eigenvalue weighted by Crippen LogP contribution is 2.31. The van der Waals surface area contributed by atoms with Crippen molar-refractivity contribution < 1.29 is 14.3 Å². The van der Waals surface area contributed by atoms with E-state index in [9.17, 15) is 9.59 Å². The minimum absolute atomic E-state index is 0.0633. The Morgan fingerprint density at radius 2 is 1.86 bits per heavy atom. The summed E-state index contributed by atoms with van der Waals surface area (Å²) < 4.78 is 6.67. The lowest BCUT2D eigenvalue weighted by atomic mass is 10.0. The maximum atomic E-state index is 12.8. The molecule has 0 fully saturated rings. The molecule has 1 aliphatic rings. The van der Waals surface area contributed by atoms with E-state index in [4.69, 9.17) is 4.74 Å². The summed E-state index contributed by atoms with van der Waals surface area (Å²) in [7, 11) is 3.23. The van der Waals surface area contributed by atoms with Crippen LogP contribution in [0.5, 0.6) is 0 Å². The van der Waals surface area contributed by atoms with Gasteiger partial charge in [0, 0.05) is 29.1 Å². The topological polar surface area (TPSA) is 48.3 Å². The predicted molar refractivity (Wildman–Crippen MR) is 80.1 cm³/mol. The van der Waals surface area contributed by atoms with Crippen molar-refractivity contribution in [3.63, 3.8) is 0 Å². The average molecular weight is 283 g/mol. The van der Waals surface area contributed by atoms with Gasteiger partial charge in [-0.05, 0) is 31.4 Å². The lowest BCUT2D eigenvalue weighted by Crippen LogP contribution is -2.12. The molecule has 108 valence electrons. The van der Waals surface area contributed by atoms with Crippen molar-refractivity contribution >= 4 is 22.7 Å². The lowest BCUT2D eigenvalue weighted by Gasteiger charge is -2.06. The zero-order valence-electron chi connectivity index (χ0n) is 12.2. The lowest BCUT2D eigenvalue weighted by molar-refractivity contribution is -0.136. The molecule has 0 amide bonds. The van der Waals surface area contributed by atoms with Gasteiger partial charge in [-0.25, -0.2) is 4.79 Å². The summed E-state index contributed by atoms with van der Waals surface area (Å²) in [6, 6.07) is 9.75. The van der Waals surface area contributed by atoms with Crippen molar-refractivity contribution in [2.45, 2.75) is 19.3 Å². The first-order valence-electron chi connectivity index (χ1n) is 7.03. The maximum absolute atomic E-state index is 12.8. The summed E-state index contributed by atoms with van der Waals surface area (Å²) in [5, 5.41) is 1.03. The molecule has 0 spiro atoms. The molecule has 4 heteroatoms. The number of aromatic nitrogens is 1. The minimum atomic E-state index is -0.380. The van der Waals surface area contributed by atoms with Gasteiger partial charge in [0.05, 0.1) is 12.8 Å². The number of ketones is 1. The third kappa shape index (κ3) is 2.17. The summed E-state index contributed by atoms with van der Waals surface area (Å²) in [6.07, 6.45) is 2.10. The second kappa shape index (κ2) is 5.20. The number of carbonyl (C=O) groups is 2. The quantitative estimate of drug-likeness (QED) is 0.642. The minimum Gasteiger partial charge on any atom is -0.466 e. The number of allylic oxidation sites excluding steroid dienone is 1. The standard InChI is InChI=1S/C17H17NO3/c1-18-14-9-4-3-6-11(14)10-15(18)16(19)12-7-5-8-13(12)17(20)21-2/h3-4,6,9-10H,5,7-8H2,1-2H3. The highest BCUT2D eigenvalue weighted by molar-refractivity contribution is 6.14. The number of ether oxygens (including phenoxy) is 1. The van der Waals surface area contributed by atoms with E-state index in [0.717, 1.165) is 17.3 Å². The molecular formula is C17H17NO3. The van der Waals surface area contributed by atoms with Crippen LogP contribution in [0.15, 0.2) is 41.5 Å². The fourth-order valence-corrected chi connectivity index (χ4v) is 3.00. The van der Waals surface area contributed by atoms with E-state index in [1.807, 2.05) is 41.9 Å². The number of nitrogens with zero attached hydrogens (tertiary/aromatic N) is 1. The SMILES string of the molecule is COC(=O)C1=C(C(=O)c2cc3ccccc3n2C)CCC1. The highest BCUT2D eigenvalue weighted by Gasteiger charge is 2.28. The predicted octanol–water partition coefficient (Wildman–Crippen LogP) is 3.01. The van der Waals surface area contributed by atoms with Crippen LogP contribution in [0.1, 0.15) is 29.8 Å². The largest absolute Gasteiger partial charge is 0.466 e. The van der Waals surface area contributed by atoms with E-state index >= 15 is 0 Å². The Kier molecular flexibility index (Phi) is 3.37. The van der Waals surface area contributed by atoms with E-state index in [2.05, 4.69) is 0 Å². The molecule has 0 unspecified atom stereocenters. The first kappa shape index (κ1) is 13.6. The monoisotopic (exact) mass is 283 g/mol. The molecule has 1 aromatic heterocycles. The van der Waals surface area contributed by atoms with E-state index < -0.39 is 0 Å². The van der Waals surface area contributed by atoms with Gasteiger partial charge < -0.3 is 9.30 Å². The molecule has 0 bridgehead atoms. The second-order valence-corrected chi connectivity index (χ2v) is 5.28. The van der Waals surface area contributed by atoms with E-state index in [-0.39, 0.29) is 11.8 Å². The Labute approximate surface area is 123 Å². The Morgan fingerprint density at radius 3 is 2.57 bits per heavy atom. The number of fused-ring (bicyclic) bond motifs is 1. The third-order valence-corrected chi connectivity index (χ3v) is 4.11. The van der Waals surface area contributed by atoms with Gasteiger partial charge in [-0.3, -0.25) is 4.79 Å². The van der Waals surface area contributed by atoms with Crippen molar-refractivity contribution in [1.82, 2.24) is 4.57 Å². The van der Waals surface area contributed by atoms with Gasteiger partial charge in [0.2, 0.25) is 5.78 Å². The summed E-state index contributed by atoms with van der Waals surface area (Å²) in [5.74, 6) is -0.443. The smallest absolute Gasteiger partial charge is 0.334 e. The van der Waals surface area contributed by atoms with Crippen molar-refractivity contribution in [2.75, 3.05) is 7.11 Å². The summed E-state index contributed by atoms with van der Waals surface area (Å²) in [5.41, 5.74) is 2.77. The van der Waals surface area contributed by atoms with Crippen LogP contribution in [0.4, 0.5) is 0 Å². The molecule has 0 aliphatic heterocycles. The molecule has 0 atom stereocenters. The van der Waals surface area contributed by atoms with Crippen LogP contribution in [-0.4, -0.2) is 23.4 Å². The Hall–Kier alpha value is -2.36. The summed E-state index contributed by atoms with van der Waals surface area (Å²) in [4.78, 5) is 24.6. The molecule has 1 heterocycles. The number of aryl methyl sites for hydroxylation is 1. The molecule has 2 aromatic rings. The van der Waals surface area contributed by atoms with Crippen LogP contribution < -0.4 is 0 Å². The number of hydrogen-bond acceptors (Lipinski definition) is 3. The van der Waals surface area contributed by atoms with Gasteiger partial charge >= 0.3 is 5.97 Å². The summed E-state index contributed by atoms with van der Waals surface area (Å²) in [6.45, 7) is 0. The number of methoxy groups -OCH3 is 1. The number of benzene rings is 1. The normalized spacial score (nSPS) is 14.8. The van der Waals surface area contributed by atoms with E-state index in [0.29, 0.717) is 29.7 Å². The van der Waals surface area contributed by atoms with E-state index in [1.54, 1.807) is 0 Å². The molecular weight excluding hydrogens is 266 g/mol. The van der Waals surface area contributed by atoms with Gasteiger partial charge in [0.25, 0.3) is 0 Å². The van der Waals surface area contributed by atoms with Crippen LogP contribution >= 0.6 is 0 Å². The molecule has 0 radical (unpaired) electrons. The molecule has 0 saturated heterocycles. The molecule has 0 saturated carbocycles. The maximum Gasteiger partial charge on any atom is 0.334 e. The Bertz CT molecular complexity index is 767. The van der Waals surface area contributed by atoms with Crippen LogP contribution in [0.25, 0.3) is 10.9 Å². The number of para-hydroxylation sites is 1. The van der Waals surface area contributed by atoms with Crippen molar-refractivity contribution in [2.24, 2.45) is 7.05 Å². The second-order valence-electron chi connectivity index (χ2n) is 5.28. The molecule has 1 aromatic carbocycles. The van der Waals surface area contributed by atoms with Gasteiger partial charge in [-0.15, -0.1) is 0 Å². The first-order chi connectivity index (χ1) is 10.1. The first-order valence-corrected chi connectivity index (χ1v) is 7.03. The Morgan fingerprint density at radius 1 is 1.14 bits per heavy atom. The number of Topliss-reactive ketones (excluding diaryl/α,β-unsaturated/α-hetero) is 1. The van der Waals surface area contributed by atoms with Gasteiger partial charge in [0.15, 0.2) is 0 Å². The average Bonchev–Trinajstić information content (AvgIpc) is 3.11. The number of esters is 1. The molecule has 4 nitrogen and oxygen atoms in total. The molecule has 21 heavy (non-hydrogen) atoms. The van der Waals surface area contributed by atoms with Crippen molar-refractivity contribution in [3.05, 3.63) is 47.2 Å². The van der Waals surface area contributed by atoms with Crippen molar-refractivity contribution in [3.8, 4) is 0 Å². The Balaban J connectivity index is 2.08.